The molecule has 12 amide bonds. The van der Waals surface area contributed by atoms with Crippen molar-refractivity contribution in [3.8, 4) is 5.75 Å². The minimum atomic E-state index is -1.94. The molecule has 0 radical (unpaired) electrons. The second kappa shape index (κ2) is 53.0. The summed E-state index contributed by atoms with van der Waals surface area (Å²) in [6.45, 7) is 12.9. The molecule has 0 saturated heterocycles. The number of carboxylic acid groups (broad SMARTS) is 4. The van der Waals surface area contributed by atoms with Crippen LogP contribution in [0.25, 0.3) is 0 Å². The zero-order chi connectivity index (χ0) is 85.8. The summed E-state index contributed by atoms with van der Waals surface area (Å²) in [5.41, 5.74) is 39.9. The molecule has 0 bridgehead atoms. The number of benzene rings is 1. The molecular formula is C71H121N21O21. The van der Waals surface area contributed by atoms with Crippen molar-refractivity contribution in [3.63, 3.8) is 0 Å². The number of phenols is 1. The number of amides is 12. The van der Waals surface area contributed by atoms with Gasteiger partial charge < -0.3 is 129 Å². The summed E-state index contributed by atoms with van der Waals surface area (Å²) >= 11 is 0. The van der Waals surface area contributed by atoms with Crippen molar-refractivity contribution in [3.05, 3.63) is 29.8 Å². The topological polar surface area (TPSA) is 725 Å². The smallest absolute Gasteiger partial charge is 0.326 e. The van der Waals surface area contributed by atoms with E-state index in [2.05, 4.69) is 73.8 Å². The fourth-order valence-electron chi connectivity index (χ4n) is 11.1. The Balaban J connectivity index is 3.71. The number of carbonyl (C=O) groups excluding carboxylic acids is 12. The second-order valence-electron chi connectivity index (χ2n) is 28.4. The lowest BCUT2D eigenvalue weighted by Gasteiger charge is -2.29. The molecule has 0 aromatic heterocycles. The number of aliphatic carboxylic acids is 4. The maximum Gasteiger partial charge on any atom is 0.326 e. The van der Waals surface area contributed by atoms with Gasteiger partial charge in [0.15, 0.2) is 11.9 Å². The summed E-state index contributed by atoms with van der Waals surface area (Å²) in [5.74, 6) is -19.6. The van der Waals surface area contributed by atoms with E-state index in [0.717, 1.165) is 6.92 Å². The number of phenolic OH excluding ortho intramolecular Hbond substituents is 1. The Hall–Kier alpha value is -11.0. The van der Waals surface area contributed by atoms with E-state index in [1.165, 1.54) is 31.2 Å². The monoisotopic (exact) mass is 1600 g/mol. The van der Waals surface area contributed by atoms with E-state index in [1.807, 2.05) is 0 Å². The zero-order valence-electron chi connectivity index (χ0n) is 65.5. The van der Waals surface area contributed by atoms with Crippen LogP contribution in [0.1, 0.15) is 177 Å². The standard InChI is InChI=1S/C71H121N21O21/c1-9-38(6)56(68(111)91-51(34-41-20-22-42(93)23-21-41)67(110)87-48(25-27-54(96)97)63(106)88-49(69(112)113)17-11-13-29-73)92-58(101)40(8)81-60(103)44(16-10-12-28-72)86-66(109)50(33-37(4)5)89-62(105)46(19-15-31-80-71(77)78)85-61(104)45(18-14-30-79-70(75)76)83-57(100)39(7)82-65(108)52(35-55(98)99)90-64(107)47(24-26-53(94)95)84-59(102)43(74)32-36(2)3/h20-23,36-40,43-52,56,93H,9-19,24-35,72-74H2,1-8H3,(H,81,103)(H,82,108)(H,83,100)(H,84,102)(H,85,104)(H,86,109)(H,87,110)(H,88,106)(H,89,105)(H,90,107)(H,91,111)(H,92,101)(H,94,95)(H,96,97)(H,98,99)(H,112,113)(H4,75,76,79)(H4,77,78,80)/t38-,39-,40-,43-,44-,45-,46-,47-,48-,49-,50-,51-,52-,56-/m0/s1. The lowest BCUT2D eigenvalue weighted by molar-refractivity contribution is -0.143. The van der Waals surface area contributed by atoms with Crippen molar-refractivity contribution in [2.24, 2.45) is 67.9 Å². The number of hydrogen-bond acceptors (Lipinski definition) is 22. The Morgan fingerprint density at radius 2 is 0.726 bits per heavy atom. The second-order valence-corrected chi connectivity index (χ2v) is 28.4. The van der Waals surface area contributed by atoms with Crippen molar-refractivity contribution in [1.29, 1.82) is 0 Å². The van der Waals surface area contributed by atoms with Crippen molar-refractivity contribution in [2.45, 2.75) is 256 Å². The number of carbonyl (C=O) groups is 16. The first-order chi connectivity index (χ1) is 53.0. The maximum atomic E-state index is 14.7. The van der Waals surface area contributed by atoms with Gasteiger partial charge >= 0.3 is 23.9 Å². The van der Waals surface area contributed by atoms with Gasteiger partial charge in [0.1, 0.15) is 78.3 Å². The van der Waals surface area contributed by atoms with Gasteiger partial charge in [0, 0.05) is 32.4 Å². The van der Waals surface area contributed by atoms with Crippen LogP contribution in [-0.2, 0) is 83.1 Å². The number of unbranched alkanes of at least 4 members (excludes halogenated alkanes) is 2. The third-order valence-electron chi connectivity index (χ3n) is 17.6. The molecule has 0 aliphatic heterocycles. The number of rotatable bonds is 57. The average molecular weight is 1600 g/mol. The fraction of sp³-hybridized carbons (Fsp3) is 0.662. The molecule has 113 heavy (non-hydrogen) atoms. The van der Waals surface area contributed by atoms with Gasteiger partial charge in [0.05, 0.1) is 12.5 Å². The van der Waals surface area contributed by atoms with Crippen LogP contribution < -0.4 is 104 Å². The predicted molar refractivity (Wildman–Crippen MR) is 412 cm³/mol. The summed E-state index contributed by atoms with van der Waals surface area (Å²) < 4.78 is 0. The van der Waals surface area contributed by atoms with Crippen LogP contribution in [0.3, 0.4) is 0 Å². The molecule has 42 nitrogen and oxygen atoms in total. The summed E-state index contributed by atoms with van der Waals surface area (Å²) in [6, 6.07) is -14.4. The van der Waals surface area contributed by atoms with Gasteiger partial charge in [-0.1, -0.05) is 60.1 Å². The summed E-state index contributed by atoms with van der Waals surface area (Å²) in [4.78, 5) is 224. The molecule has 636 valence electrons. The normalized spacial score (nSPS) is 14.8. The van der Waals surface area contributed by atoms with Crippen LogP contribution in [0.2, 0.25) is 0 Å². The highest BCUT2D eigenvalue weighted by atomic mass is 16.4. The number of nitrogens with two attached hydrogens (primary N) is 7. The summed E-state index contributed by atoms with van der Waals surface area (Å²) in [5, 5.41) is 78.4. The van der Waals surface area contributed by atoms with Gasteiger partial charge in [-0.25, -0.2) is 4.79 Å². The number of hydrogen-bond donors (Lipinski definition) is 24. The molecule has 0 heterocycles. The third kappa shape index (κ3) is 41.2. The zero-order valence-corrected chi connectivity index (χ0v) is 65.5. The quantitative estimate of drug-likeness (QED) is 0.0165. The number of nitrogens with zero attached hydrogens (tertiary/aromatic N) is 2. The van der Waals surface area contributed by atoms with Crippen LogP contribution in [-0.4, -0.2) is 237 Å². The largest absolute Gasteiger partial charge is 0.508 e. The maximum absolute atomic E-state index is 14.7. The van der Waals surface area contributed by atoms with E-state index in [1.54, 1.807) is 41.5 Å². The van der Waals surface area contributed by atoms with E-state index in [-0.39, 0.29) is 126 Å². The highest BCUT2D eigenvalue weighted by molar-refractivity contribution is 6.00. The summed E-state index contributed by atoms with van der Waals surface area (Å²) in [7, 11) is 0. The number of guanidine groups is 2. The molecule has 1 aromatic carbocycles. The van der Waals surface area contributed by atoms with Gasteiger partial charge in [-0.2, -0.15) is 0 Å². The number of nitrogens with one attached hydrogen (secondary N) is 12. The Kier molecular flexibility index (Phi) is 46.9. The van der Waals surface area contributed by atoms with Gasteiger partial charge in [0.2, 0.25) is 70.9 Å². The van der Waals surface area contributed by atoms with Gasteiger partial charge in [-0.3, -0.25) is 81.9 Å². The van der Waals surface area contributed by atoms with Crippen LogP contribution in [0.15, 0.2) is 34.3 Å². The molecule has 0 fully saturated rings. The SMILES string of the molecule is CC[C@H](C)[C@H](NC(=O)[C@H](C)NC(=O)[C@H](CCCCN)NC(=O)[C@H](CC(C)C)NC(=O)[C@H](CCCN=C(N)N)NC(=O)[C@H](CCCN=C(N)N)NC(=O)[C@H](C)NC(=O)[C@H](CC(=O)O)NC(=O)[C@H](CCC(=O)O)NC(=O)[C@@H](N)CC(C)C)C(=O)N[C@@H](Cc1ccc(O)cc1)C(=O)N[C@@H](CCC(=O)O)C(=O)N[C@@H](CCCCN)C(=O)O. The van der Waals surface area contributed by atoms with Crippen LogP contribution in [0.4, 0.5) is 0 Å². The molecule has 0 aliphatic rings. The van der Waals surface area contributed by atoms with Crippen molar-refractivity contribution in [1.82, 2.24) is 63.8 Å². The molecule has 1 rings (SSSR count). The first kappa shape index (κ1) is 100.0. The Bertz CT molecular complexity index is 3390. The van der Waals surface area contributed by atoms with Gasteiger partial charge in [0.25, 0.3) is 0 Å². The van der Waals surface area contributed by atoms with Crippen LogP contribution in [0.5, 0.6) is 5.75 Å². The molecule has 14 atom stereocenters. The molecular weight excluding hydrogens is 1480 g/mol. The van der Waals surface area contributed by atoms with Gasteiger partial charge in [-0.15, -0.1) is 0 Å². The van der Waals surface area contributed by atoms with Crippen LogP contribution in [0, 0.1) is 17.8 Å². The van der Waals surface area contributed by atoms with Crippen LogP contribution >= 0.6 is 0 Å². The minimum absolute atomic E-state index is 0.000805. The molecule has 1 aromatic rings. The highest BCUT2D eigenvalue weighted by Crippen LogP contribution is 2.17. The Morgan fingerprint density at radius 3 is 1.13 bits per heavy atom. The first-order valence-corrected chi connectivity index (χ1v) is 37.6. The lowest BCUT2D eigenvalue weighted by atomic mass is 9.96. The molecule has 0 saturated carbocycles. The molecule has 0 spiro atoms. The fourth-order valence-corrected chi connectivity index (χ4v) is 11.1. The number of aromatic hydroxyl groups is 1. The van der Waals surface area contributed by atoms with E-state index in [9.17, 15) is 102 Å². The van der Waals surface area contributed by atoms with E-state index in [0.29, 0.717) is 24.8 Å². The first-order valence-electron chi connectivity index (χ1n) is 37.6. The van der Waals surface area contributed by atoms with Crippen molar-refractivity contribution < 1.29 is 102 Å². The number of carboxylic acids is 4. The lowest BCUT2D eigenvalue weighted by Crippen LogP contribution is -2.61. The summed E-state index contributed by atoms with van der Waals surface area (Å²) in [6.07, 6.45) is -2.60. The highest BCUT2D eigenvalue weighted by Gasteiger charge is 2.38. The average Bonchev–Trinajstić information content (AvgIpc) is 0.851. The third-order valence-corrected chi connectivity index (χ3v) is 17.6. The molecule has 0 unspecified atom stereocenters. The minimum Gasteiger partial charge on any atom is -0.508 e. The molecule has 42 heteroatoms. The number of aliphatic imine (C=N–C) groups is 2. The van der Waals surface area contributed by atoms with Crippen molar-refractivity contribution >= 4 is 107 Å². The van der Waals surface area contributed by atoms with E-state index >= 15 is 0 Å². The van der Waals surface area contributed by atoms with Gasteiger partial charge in [-0.05, 0) is 152 Å². The molecule has 31 N–H and O–H groups in total. The van der Waals surface area contributed by atoms with Crippen molar-refractivity contribution in [2.75, 3.05) is 26.2 Å². The molecule has 0 aliphatic carbocycles. The Labute approximate surface area is 655 Å². The van der Waals surface area contributed by atoms with E-state index < -0.39 is 211 Å². The van der Waals surface area contributed by atoms with E-state index in [4.69, 9.17) is 40.1 Å². The Morgan fingerprint density at radius 1 is 0.381 bits per heavy atom. The predicted octanol–water partition coefficient (Wildman–Crippen LogP) is -5.09.